The molecule has 1 aromatic carbocycles. The number of aromatic nitrogens is 4. The Hall–Kier alpha value is -2.40. The van der Waals surface area contributed by atoms with E-state index in [4.69, 9.17) is 0 Å². The maximum Gasteiger partial charge on any atom is 0.0672 e. The fourth-order valence-corrected chi connectivity index (χ4v) is 3.47. The maximum atomic E-state index is 4.67. The Balaban J connectivity index is 1.36. The first-order chi connectivity index (χ1) is 11.8. The minimum absolute atomic E-state index is 0.429. The van der Waals surface area contributed by atoms with Crippen LogP contribution >= 0.6 is 0 Å². The van der Waals surface area contributed by atoms with E-state index in [0.29, 0.717) is 6.04 Å². The van der Waals surface area contributed by atoms with Crippen LogP contribution in [-0.2, 0) is 19.9 Å². The molecule has 3 aromatic rings. The van der Waals surface area contributed by atoms with Crippen LogP contribution < -0.4 is 5.32 Å². The van der Waals surface area contributed by atoms with Gasteiger partial charge in [-0.15, -0.1) is 0 Å². The van der Waals surface area contributed by atoms with Crippen LogP contribution in [0.4, 0.5) is 0 Å². The highest BCUT2D eigenvalue weighted by atomic mass is 15.3. The van der Waals surface area contributed by atoms with E-state index in [-0.39, 0.29) is 0 Å². The fraction of sp³-hybridized carbons (Fsp3) is 0.368. The number of nitrogens with one attached hydrogen (secondary N) is 1. The molecule has 0 saturated heterocycles. The Bertz CT molecular complexity index is 802. The smallest absolute Gasteiger partial charge is 0.0672 e. The third kappa shape index (κ3) is 3.12. The Morgan fingerprint density at radius 3 is 2.92 bits per heavy atom. The molecular weight excluding hydrogens is 298 g/mol. The van der Waals surface area contributed by atoms with Crippen molar-refractivity contribution in [1.82, 2.24) is 24.9 Å². The summed E-state index contributed by atoms with van der Waals surface area (Å²) in [5.41, 5.74) is 4.85. The van der Waals surface area contributed by atoms with Crippen molar-refractivity contribution in [3.63, 3.8) is 0 Å². The van der Waals surface area contributed by atoms with Gasteiger partial charge in [-0.1, -0.05) is 18.2 Å². The highest BCUT2D eigenvalue weighted by Gasteiger charge is 2.22. The molecule has 0 amide bonds. The van der Waals surface area contributed by atoms with Crippen LogP contribution in [-0.4, -0.2) is 26.1 Å². The zero-order valence-electron chi connectivity index (χ0n) is 14.0. The first-order valence-corrected chi connectivity index (χ1v) is 8.65. The van der Waals surface area contributed by atoms with Crippen molar-refractivity contribution in [1.29, 1.82) is 0 Å². The number of aryl methyl sites for hydroxylation is 2. The molecule has 1 atom stereocenters. The number of para-hydroxylation sites is 1. The summed E-state index contributed by atoms with van der Waals surface area (Å²) < 4.78 is 3.88. The van der Waals surface area contributed by atoms with Gasteiger partial charge in [0.2, 0.25) is 0 Å². The lowest BCUT2D eigenvalue weighted by Crippen LogP contribution is -2.26. The van der Waals surface area contributed by atoms with Crippen molar-refractivity contribution < 1.29 is 0 Å². The summed E-state index contributed by atoms with van der Waals surface area (Å²) in [5, 5.41) is 12.9. The number of benzene rings is 1. The topological polar surface area (TPSA) is 47.7 Å². The van der Waals surface area contributed by atoms with Gasteiger partial charge in [-0.25, -0.2) is 4.68 Å². The van der Waals surface area contributed by atoms with Gasteiger partial charge in [-0.2, -0.15) is 10.2 Å². The molecule has 24 heavy (non-hydrogen) atoms. The van der Waals surface area contributed by atoms with E-state index < -0.39 is 0 Å². The summed E-state index contributed by atoms with van der Waals surface area (Å²) in [7, 11) is 2.01. The van der Waals surface area contributed by atoms with Gasteiger partial charge in [0.05, 0.1) is 17.1 Å². The Morgan fingerprint density at radius 1 is 1.17 bits per heavy atom. The van der Waals surface area contributed by atoms with Crippen LogP contribution in [0, 0.1) is 0 Å². The number of nitrogens with zero attached hydrogens (tertiary/aromatic N) is 4. The Kier molecular flexibility index (Phi) is 4.17. The summed E-state index contributed by atoms with van der Waals surface area (Å²) in [5.74, 6) is 0. The van der Waals surface area contributed by atoms with Gasteiger partial charge in [-0.3, -0.25) is 4.68 Å². The molecule has 4 rings (SSSR count). The lowest BCUT2D eigenvalue weighted by atomic mass is 9.93. The fourth-order valence-electron chi connectivity index (χ4n) is 3.47. The largest absolute Gasteiger partial charge is 0.309 e. The first kappa shape index (κ1) is 15.1. The van der Waals surface area contributed by atoms with Gasteiger partial charge in [0, 0.05) is 44.0 Å². The van der Waals surface area contributed by atoms with E-state index in [2.05, 4.69) is 39.9 Å². The molecule has 0 radical (unpaired) electrons. The van der Waals surface area contributed by atoms with Gasteiger partial charge >= 0.3 is 0 Å². The molecule has 2 aromatic heterocycles. The molecular formula is C19H23N5. The zero-order chi connectivity index (χ0) is 16.4. The van der Waals surface area contributed by atoms with Gasteiger partial charge in [0.25, 0.3) is 0 Å². The van der Waals surface area contributed by atoms with Crippen molar-refractivity contribution in [3.8, 4) is 5.69 Å². The molecule has 5 heteroatoms. The zero-order valence-corrected chi connectivity index (χ0v) is 14.0. The van der Waals surface area contributed by atoms with Crippen LogP contribution in [0.15, 0.2) is 48.8 Å². The van der Waals surface area contributed by atoms with E-state index in [1.54, 1.807) is 0 Å². The molecule has 0 bridgehead atoms. The van der Waals surface area contributed by atoms with E-state index in [0.717, 1.165) is 30.8 Å². The van der Waals surface area contributed by atoms with Crippen molar-refractivity contribution in [3.05, 3.63) is 65.7 Å². The average molecular weight is 321 g/mol. The second-order valence-electron chi connectivity index (χ2n) is 6.44. The van der Waals surface area contributed by atoms with Crippen LogP contribution in [0.2, 0.25) is 0 Å². The minimum atomic E-state index is 0.429. The second kappa shape index (κ2) is 6.61. The Labute approximate surface area is 142 Å². The van der Waals surface area contributed by atoms with Crippen molar-refractivity contribution >= 4 is 0 Å². The third-order valence-electron chi connectivity index (χ3n) is 4.66. The van der Waals surface area contributed by atoms with Crippen LogP contribution in [0.5, 0.6) is 0 Å². The summed E-state index contributed by atoms with van der Waals surface area (Å²) in [6, 6.07) is 12.8. The minimum Gasteiger partial charge on any atom is -0.309 e. The van der Waals surface area contributed by atoms with Gasteiger partial charge in [-0.05, 0) is 37.5 Å². The number of hydrogen-bond acceptors (Lipinski definition) is 3. The number of rotatable bonds is 5. The maximum absolute atomic E-state index is 4.67. The summed E-state index contributed by atoms with van der Waals surface area (Å²) in [6.45, 7) is 0.935. The number of fused-ring (bicyclic) bond motifs is 1. The lowest BCUT2D eigenvalue weighted by molar-refractivity contribution is 0.460. The molecule has 1 unspecified atom stereocenters. The summed E-state index contributed by atoms with van der Waals surface area (Å²) in [4.78, 5) is 0. The van der Waals surface area contributed by atoms with Crippen molar-refractivity contribution in [2.45, 2.75) is 31.7 Å². The van der Waals surface area contributed by atoms with Crippen molar-refractivity contribution in [2.75, 3.05) is 6.54 Å². The Morgan fingerprint density at radius 2 is 2.04 bits per heavy atom. The first-order valence-electron chi connectivity index (χ1n) is 8.65. The molecule has 0 aliphatic heterocycles. The molecule has 1 aliphatic carbocycles. The van der Waals surface area contributed by atoms with Crippen LogP contribution in [0.25, 0.3) is 5.69 Å². The molecule has 1 N–H and O–H groups in total. The number of hydrogen-bond donors (Lipinski definition) is 1. The molecule has 1 aliphatic rings. The highest BCUT2D eigenvalue weighted by molar-refractivity contribution is 5.30. The normalized spacial score (nSPS) is 17.0. The van der Waals surface area contributed by atoms with E-state index in [1.165, 1.54) is 24.1 Å². The van der Waals surface area contributed by atoms with Crippen molar-refractivity contribution in [2.24, 2.45) is 7.05 Å². The molecule has 124 valence electrons. The molecule has 0 fully saturated rings. The third-order valence-corrected chi connectivity index (χ3v) is 4.66. The molecule has 0 spiro atoms. The quantitative estimate of drug-likeness (QED) is 0.786. The molecule has 5 nitrogen and oxygen atoms in total. The standard InChI is InChI=1S/C19H23N5/c1-23-14-17-18(8-5-9-19(17)22-23)20-12-10-15-11-13-24(21-15)16-6-3-2-4-7-16/h2-4,6-7,11,13-14,18,20H,5,8-10,12H2,1H3. The molecule has 2 heterocycles. The van der Waals surface area contributed by atoms with E-state index in [1.807, 2.05) is 40.8 Å². The van der Waals surface area contributed by atoms with E-state index in [9.17, 15) is 0 Å². The predicted octanol–water partition coefficient (Wildman–Crippen LogP) is 2.82. The van der Waals surface area contributed by atoms with Gasteiger partial charge in [0.1, 0.15) is 0 Å². The monoisotopic (exact) mass is 321 g/mol. The predicted molar refractivity (Wildman–Crippen MR) is 94.2 cm³/mol. The second-order valence-corrected chi connectivity index (χ2v) is 6.44. The lowest BCUT2D eigenvalue weighted by Gasteiger charge is -2.22. The average Bonchev–Trinajstić information content (AvgIpc) is 3.22. The summed E-state index contributed by atoms with van der Waals surface area (Å²) in [6.07, 6.45) is 8.64. The van der Waals surface area contributed by atoms with E-state index >= 15 is 0 Å². The molecule has 0 saturated carbocycles. The summed E-state index contributed by atoms with van der Waals surface area (Å²) >= 11 is 0. The van der Waals surface area contributed by atoms with Crippen LogP contribution in [0.1, 0.15) is 35.8 Å². The van der Waals surface area contributed by atoms with Gasteiger partial charge < -0.3 is 5.32 Å². The highest BCUT2D eigenvalue weighted by Crippen LogP contribution is 2.28. The van der Waals surface area contributed by atoms with Crippen LogP contribution in [0.3, 0.4) is 0 Å². The SMILES string of the molecule is Cn1cc2c(n1)CCCC2NCCc1ccn(-c2ccccc2)n1. The van der Waals surface area contributed by atoms with Gasteiger partial charge in [0.15, 0.2) is 0 Å².